The van der Waals surface area contributed by atoms with Gasteiger partial charge in [-0.2, -0.15) is 5.10 Å². The van der Waals surface area contributed by atoms with Gasteiger partial charge in [-0.15, -0.1) is 0 Å². The highest BCUT2D eigenvalue weighted by Crippen LogP contribution is 2.44. The van der Waals surface area contributed by atoms with Gasteiger partial charge in [0, 0.05) is 36.0 Å². The molecule has 2 N–H and O–H groups in total. The number of H-pyrrole nitrogens is 1. The predicted octanol–water partition coefficient (Wildman–Crippen LogP) is 2.93. The lowest BCUT2D eigenvalue weighted by Gasteiger charge is -2.26. The van der Waals surface area contributed by atoms with E-state index in [1.807, 2.05) is 6.92 Å². The first-order valence-corrected chi connectivity index (χ1v) is 8.71. The molecule has 0 unspecified atom stereocenters. The van der Waals surface area contributed by atoms with Crippen LogP contribution < -0.4 is 10.2 Å². The van der Waals surface area contributed by atoms with Gasteiger partial charge in [0.15, 0.2) is 5.82 Å². The molecule has 6 nitrogen and oxygen atoms in total. The Bertz CT molecular complexity index is 847. The highest BCUT2D eigenvalue weighted by atomic mass is 16.5. The van der Waals surface area contributed by atoms with Crippen LogP contribution in [0.3, 0.4) is 0 Å². The highest BCUT2D eigenvalue weighted by molar-refractivity contribution is 5.97. The molecule has 0 spiro atoms. The van der Waals surface area contributed by atoms with E-state index in [-0.39, 0.29) is 18.5 Å². The molecule has 25 heavy (non-hydrogen) atoms. The molecule has 1 aromatic carbocycles. The van der Waals surface area contributed by atoms with E-state index < -0.39 is 0 Å². The number of carbonyl (C=O) groups is 1. The SMILES string of the molecule is CCN(CC)c1ccc([C@@H]2C3=C(COC3=O)Nc3n[nH]c(C)c32)cc1. The average Bonchev–Trinajstić information content (AvgIpc) is 3.19. The van der Waals surface area contributed by atoms with Crippen LogP contribution in [0.4, 0.5) is 11.5 Å². The van der Waals surface area contributed by atoms with Gasteiger partial charge in [-0.25, -0.2) is 4.79 Å². The molecule has 6 heteroatoms. The van der Waals surface area contributed by atoms with Gasteiger partial charge in [-0.3, -0.25) is 5.10 Å². The van der Waals surface area contributed by atoms with E-state index in [4.69, 9.17) is 4.74 Å². The number of carbonyl (C=O) groups excluding carboxylic acids is 1. The van der Waals surface area contributed by atoms with Crippen molar-refractivity contribution in [3.8, 4) is 0 Å². The highest BCUT2D eigenvalue weighted by Gasteiger charge is 2.40. The quantitative estimate of drug-likeness (QED) is 0.839. The van der Waals surface area contributed by atoms with E-state index in [1.54, 1.807) is 0 Å². The minimum absolute atomic E-state index is 0.147. The van der Waals surface area contributed by atoms with Gasteiger partial charge in [0.05, 0.1) is 11.3 Å². The maximum absolute atomic E-state index is 12.3. The topological polar surface area (TPSA) is 70.2 Å². The number of ether oxygens (including phenoxy) is 1. The first-order valence-electron chi connectivity index (χ1n) is 8.71. The molecule has 2 aliphatic heterocycles. The van der Waals surface area contributed by atoms with Crippen LogP contribution in [0.25, 0.3) is 0 Å². The van der Waals surface area contributed by atoms with Gasteiger partial charge in [-0.1, -0.05) is 12.1 Å². The van der Waals surface area contributed by atoms with Gasteiger partial charge < -0.3 is 15.0 Å². The molecule has 0 aliphatic carbocycles. The molecular formula is C19H22N4O2. The van der Waals surface area contributed by atoms with Crippen molar-refractivity contribution >= 4 is 17.5 Å². The summed E-state index contributed by atoms with van der Waals surface area (Å²) in [5, 5.41) is 10.6. The lowest BCUT2D eigenvalue weighted by Crippen LogP contribution is -2.22. The Morgan fingerprint density at radius 2 is 1.96 bits per heavy atom. The van der Waals surface area contributed by atoms with Crippen molar-refractivity contribution < 1.29 is 9.53 Å². The fourth-order valence-corrected chi connectivity index (χ4v) is 3.79. The molecule has 130 valence electrons. The molecule has 4 rings (SSSR count). The van der Waals surface area contributed by atoms with Crippen LogP contribution >= 0.6 is 0 Å². The second kappa shape index (κ2) is 5.95. The average molecular weight is 338 g/mol. The maximum Gasteiger partial charge on any atom is 0.337 e. The fourth-order valence-electron chi connectivity index (χ4n) is 3.79. The van der Waals surface area contributed by atoms with E-state index in [1.165, 1.54) is 5.69 Å². The number of fused-ring (bicyclic) bond motifs is 1. The van der Waals surface area contributed by atoms with Crippen LogP contribution in [0.2, 0.25) is 0 Å². The number of rotatable bonds is 4. The second-order valence-electron chi connectivity index (χ2n) is 6.40. The number of aromatic nitrogens is 2. The summed E-state index contributed by atoms with van der Waals surface area (Å²) >= 11 is 0. The Balaban J connectivity index is 1.79. The third kappa shape index (κ3) is 2.40. The van der Waals surface area contributed by atoms with Gasteiger partial charge >= 0.3 is 5.97 Å². The number of benzene rings is 1. The van der Waals surface area contributed by atoms with Crippen molar-refractivity contribution in [3.63, 3.8) is 0 Å². The van der Waals surface area contributed by atoms with Crippen molar-refractivity contribution in [1.29, 1.82) is 0 Å². The van der Waals surface area contributed by atoms with Crippen LogP contribution in [-0.4, -0.2) is 35.9 Å². The van der Waals surface area contributed by atoms with Crippen molar-refractivity contribution in [2.24, 2.45) is 0 Å². The van der Waals surface area contributed by atoms with Gasteiger partial charge in [0.25, 0.3) is 0 Å². The Labute approximate surface area is 146 Å². The normalized spacial score (nSPS) is 18.5. The lowest BCUT2D eigenvalue weighted by atomic mass is 9.82. The number of anilines is 2. The number of hydrogen-bond donors (Lipinski definition) is 2. The van der Waals surface area contributed by atoms with Crippen molar-refractivity contribution in [2.75, 3.05) is 29.9 Å². The van der Waals surface area contributed by atoms with Crippen LogP contribution in [0.1, 0.15) is 36.6 Å². The lowest BCUT2D eigenvalue weighted by molar-refractivity contribution is -0.136. The summed E-state index contributed by atoms with van der Waals surface area (Å²) in [6, 6.07) is 8.46. The van der Waals surface area contributed by atoms with E-state index in [0.29, 0.717) is 5.57 Å². The monoisotopic (exact) mass is 338 g/mol. The number of aryl methyl sites for hydroxylation is 1. The maximum atomic E-state index is 12.3. The summed E-state index contributed by atoms with van der Waals surface area (Å²) in [5.74, 6) is 0.393. The van der Waals surface area contributed by atoms with Crippen LogP contribution in [0.15, 0.2) is 35.5 Å². The zero-order chi connectivity index (χ0) is 17.6. The summed E-state index contributed by atoms with van der Waals surface area (Å²) in [7, 11) is 0. The smallest absolute Gasteiger partial charge is 0.337 e. The standard InChI is InChI=1S/C19H22N4O2/c1-4-23(5-2)13-8-6-12(7-9-13)16-15-11(3)21-22-18(15)20-14-10-25-19(24)17(14)16/h6-9,16H,4-5,10H2,1-3H3,(H2,20,21,22)/t16-/m0/s1. The number of hydrogen-bond acceptors (Lipinski definition) is 5. The Morgan fingerprint density at radius 1 is 1.24 bits per heavy atom. The summed E-state index contributed by atoms with van der Waals surface area (Å²) in [6.45, 7) is 8.50. The van der Waals surface area contributed by atoms with E-state index in [2.05, 4.69) is 58.5 Å². The Morgan fingerprint density at radius 3 is 2.64 bits per heavy atom. The number of aromatic amines is 1. The molecule has 0 bridgehead atoms. The van der Waals surface area contributed by atoms with Crippen LogP contribution in [0, 0.1) is 6.92 Å². The Kier molecular flexibility index (Phi) is 3.75. The molecule has 1 atom stereocenters. The zero-order valence-corrected chi connectivity index (χ0v) is 14.7. The summed E-state index contributed by atoms with van der Waals surface area (Å²) in [5.41, 5.74) is 5.78. The molecule has 2 aliphatic rings. The molecule has 0 fully saturated rings. The molecule has 2 aromatic rings. The number of cyclic esters (lactones) is 1. The molecule has 1 aromatic heterocycles. The minimum Gasteiger partial charge on any atom is -0.456 e. The first-order chi connectivity index (χ1) is 12.1. The molecule has 0 saturated heterocycles. The third-order valence-corrected chi connectivity index (χ3v) is 5.09. The van der Waals surface area contributed by atoms with Gasteiger partial charge in [-0.05, 0) is 38.5 Å². The van der Waals surface area contributed by atoms with Gasteiger partial charge in [0.1, 0.15) is 6.61 Å². The molecule has 0 saturated carbocycles. The largest absolute Gasteiger partial charge is 0.456 e. The number of nitrogens with one attached hydrogen (secondary N) is 2. The van der Waals surface area contributed by atoms with Crippen molar-refractivity contribution in [3.05, 3.63) is 52.4 Å². The molecular weight excluding hydrogens is 316 g/mol. The van der Waals surface area contributed by atoms with E-state index in [9.17, 15) is 4.79 Å². The van der Waals surface area contributed by atoms with Crippen molar-refractivity contribution in [1.82, 2.24) is 10.2 Å². The van der Waals surface area contributed by atoms with Gasteiger partial charge in [0.2, 0.25) is 0 Å². The van der Waals surface area contributed by atoms with Crippen LogP contribution in [-0.2, 0) is 9.53 Å². The van der Waals surface area contributed by atoms with Crippen molar-refractivity contribution in [2.45, 2.75) is 26.7 Å². The minimum atomic E-state index is -0.244. The fraction of sp³-hybridized carbons (Fsp3) is 0.368. The Hall–Kier alpha value is -2.76. The first kappa shape index (κ1) is 15.7. The third-order valence-electron chi connectivity index (χ3n) is 5.09. The number of esters is 1. The number of nitrogens with zero attached hydrogens (tertiary/aromatic N) is 2. The predicted molar refractivity (Wildman–Crippen MR) is 96.8 cm³/mol. The van der Waals surface area contributed by atoms with E-state index >= 15 is 0 Å². The van der Waals surface area contributed by atoms with E-state index in [0.717, 1.165) is 41.4 Å². The summed E-state index contributed by atoms with van der Waals surface area (Å²) in [6.07, 6.45) is 0. The molecule has 0 radical (unpaired) electrons. The zero-order valence-electron chi connectivity index (χ0n) is 14.7. The molecule has 3 heterocycles. The summed E-state index contributed by atoms with van der Waals surface area (Å²) < 4.78 is 5.27. The van der Waals surface area contributed by atoms with Crippen LogP contribution in [0.5, 0.6) is 0 Å². The molecule has 0 amide bonds. The summed E-state index contributed by atoms with van der Waals surface area (Å²) in [4.78, 5) is 14.6. The second-order valence-corrected chi connectivity index (χ2v) is 6.40.